The van der Waals surface area contributed by atoms with Crippen LogP contribution >= 0.6 is 11.3 Å². The van der Waals surface area contributed by atoms with Gasteiger partial charge >= 0.3 is 5.91 Å². The zero-order valence-corrected chi connectivity index (χ0v) is 13.8. The molecule has 8 heteroatoms. The molecule has 0 fully saturated rings. The number of carbonyl (C=O) groups is 1. The van der Waals surface area contributed by atoms with E-state index in [9.17, 15) is 14.1 Å². The molecule has 0 spiro atoms. The van der Waals surface area contributed by atoms with Crippen LogP contribution in [0.25, 0.3) is 10.6 Å². The molecule has 25 heavy (non-hydrogen) atoms. The van der Waals surface area contributed by atoms with Crippen LogP contribution in [0.1, 0.15) is 9.67 Å². The van der Waals surface area contributed by atoms with Crippen LogP contribution in [-0.2, 0) is 0 Å². The number of nitrogens with zero attached hydrogens (tertiary/aromatic N) is 2. The summed E-state index contributed by atoms with van der Waals surface area (Å²) in [6.45, 7) is 0. The number of carbonyl (C=O) groups excluding carboxylic acids is 1. The number of anilines is 2. The Morgan fingerprint density at radius 2 is 2.04 bits per heavy atom. The lowest BCUT2D eigenvalue weighted by Gasteiger charge is -2.05. The van der Waals surface area contributed by atoms with Gasteiger partial charge < -0.3 is 10.1 Å². The fourth-order valence-corrected chi connectivity index (χ4v) is 3.05. The lowest BCUT2D eigenvalue weighted by molar-refractivity contribution is 0.100. The summed E-state index contributed by atoms with van der Waals surface area (Å²) in [7, 11) is 1.54. The number of aromatic nitrogens is 1. The Bertz CT molecular complexity index is 942. The molecule has 0 aliphatic rings. The monoisotopic (exact) mass is 357 g/mol. The number of rotatable bonds is 5. The fraction of sp³-hybridized carbons (Fsp3) is 0.0588. The highest BCUT2D eigenvalue weighted by Crippen LogP contribution is 2.34. The van der Waals surface area contributed by atoms with Crippen molar-refractivity contribution in [3.05, 3.63) is 64.1 Å². The second-order valence-corrected chi connectivity index (χ2v) is 5.93. The van der Waals surface area contributed by atoms with E-state index in [-0.39, 0.29) is 16.4 Å². The number of ether oxygens (including phenoxy) is 1. The third-order valence-electron chi connectivity index (χ3n) is 3.35. The van der Waals surface area contributed by atoms with Crippen LogP contribution in [0.2, 0.25) is 0 Å². The molecular formula is C17H12FN3O3S. The summed E-state index contributed by atoms with van der Waals surface area (Å²) >= 11 is 0.995. The quantitative estimate of drug-likeness (QED) is 0.675. The number of nitroso groups, excluding NO2 is 1. The number of thiazole rings is 1. The first-order chi connectivity index (χ1) is 12.1. The Hall–Kier alpha value is -3.13. The molecule has 1 heterocycles. The zero-order chi connectivity index (χ0) is 17.8. The van der Waals surface area contributed by atoms with Gasteiger partial charge in [0.15, 0.2) is 5.82 Å². The average molecular weight is 357 g/mol. The Labute approximate surface area is 146 Å². The third-order valence-corrected chi connectivity index (χ3v) is 4.44. The van der Waals surface area contributed by atoms with Gasteiger partial charge in [-0.2, -0.15) is 0 Å². The van der Waals surface area contributed by atoms with Crippen LogP contribution in [-0.4, -0.2) is 18.0 Å². The normalized spacial score (nSPS) is 10.3. The van der Waals surface area contributed by atoms with E-state index in [1.54, 1.807) is 36.4 Å². The second-order valence-electron chi connectivity index (χ2n) is 4.93. The molecule has 0 aliphatic heterocycles. The summed E-state index contributed by atoms with van der Waals surface area (Å²) in [6.07, 6.45) is 0. The van der Waals surface area contributed by atoms with Crippen molar-refractivity contribution in [2.75, 3.05) is 12.4 Å². The third kappa shape index (κ3) is 3.53. The highest BCUT2D eigenvalue weighted by atomic mass is 32.1. The number of para-hydroxylation sites is 1. The van der Waals surface area contributed by atoms with Crippen molar-refractivity contribution in [1.29, 1.82) is 0 Å². The molecule has 0 atom stereocenters. The van der Waals surface area contributed by atoms with Crippen molar-refractivity contribution in [2.45, 2.75) is 0 Å². The molecule has 0 aliphatic carbocycles. The minimum absolute atomic E-state index is 0.0103. The zero-order valence-electron chi connectivity index (χ0n) is 13.0. The smallest absolute Gasteiger partial charge is 0.330 e. The van der Waals surface area contributed by atoms with Crippen LogP contribution < -0.4 is 10.1 Å². The topological polar surface area (TPSA) is 80.7 Å². The number of halogens is 1. The van der Waals surface area contributed by atoms with E-state index in [0.717, 1.165) is 11.3 Å². The molecule has 3 rings (SSSR count). The summed E-state index contributed by atoms with van der Waals surface area (Å²) < 4.78 is 19.0. The first-order valence-corrected chi connectivity index (χ1v) is 7.98. The summed E-state index contributed by atoms with van der Waals surface area (Å²) in [5.74, 6) is -0.767. The fourth-order valence-electron chi connectivity index (χ4n) is 2.16. The van der Waals surface area contributed by atoms with Crippen molar-refractivity contribution >= 4 is 28.7 Å². The van der Waals surface area contributed by atoms with Crippen molar-refractivity contribution in [2.24, 2.45) is 5.18 Å². The van der Waals surface area contributed by atoms with Crippen molar-refractivity contribution in [3.63, 3.8) is 0 Å². The maximum Gasteiger partial charge on any atom is 0.330 e. The average Bonchev–Trinajstić information content (AvgIpc) is 3.07. The molecule has 0 saturated heterocycles. The van der Waals surface area contributed by atoms with Gasteiger partial charge in [-0.25, -0.2) is 9.37 Å². The van der Waals surface area contributed by atoms with E-state index in [2.05, 4.69) is 15.5 Å². The van der Waals surface area contributed by atoms with E-state index in [0.29, 0.717) is 16.3 Å². The van der Waals surface area contributed by atoms with E-state index in [4.69, 9.17) is 4.74 Å². The van der Waals surface area contributed by atoms with Crippen LogP contribution in [0.4, 0.5) is 15.9 Å². The van der Waals surface area contributed by atoms with Crippen LogP contribution in [0.5, 0.6) is 5.75 Å². The van der Waals surface area contributed by atoms with Crippen molar-refractivity contribution in [3.8, 4) is 16.3 Å². The second kappa shape index (κ2) is 7.18. The molecule has 3 aromatic rings. The maximum atomic E-state index is 13.8. The van der Waals surface area contributed by atoms with Gasteiger partial charge in [0.25, 0.3) is 0 Å². The minimum Gasteiger partial charge on any atom is -0.497 e. The Kier molecular flexibility index (Phi) is 4.80. The SMILES string of the molecule is COc1cccc(-c2nc(Nc3ccccc3F)c(C(=O)N=O)s2)c1. The van der Waals surface area contributed by atoms with E-state index in [1.165, 1.54) is 19.2 Å². The highest BCUT2D eigenvalue weighted by molar-refractivity contribution is 7.17. The number of nitrogens with one attached hydrogen (secondary N) is 1. The molecule has 0 radical (unpaired) electrons. The van der Waals surface area contributed by atoms with Gasteiger partial charge in [0.2, 0.25) is 0 Å². The van der Waals surface area contributed by atoms with Crippen molar-refractivity contribution in [1.82, 2.24) is 4.98 Å². The van der Waals surface area contributed by atoms with Gasteiger partial charge in [-0.15, -0.1) is 16.2 Å². The number of methoxy groups -OCH3 is 1. The molecule has 0 unspecified atom stereocenters. The molecule has 0 saturated carbocycles. The van der Waals surface area contributed by atoms with Crippen molar-refractivity contribution < 1.29 is 13.9 Å². The molecule has 6 nitrogen and oxygen atoms in total. The maximum absolute atomic E-state index is 13.8. The van der Waals surface area contributed by atoms with Gasteiger partial charge in [0.1, 0.15) is 21.5 Å². The summed E-state index contributed by atoms with van der Waals surface area (Å²) in [4.78, 5) is 26.8. The minimum atomic E-state index is -0.967. The number of hydrogen-bond donors (Lipinski definition) is 1. The van der Waals surface area contributed by atoms with Crippen LogP contribution in [0.3, 0.4) is 0 Å². The summed E-state index contributed by atoms with van der Waals surface area (Å²) in [6, 6.07) is 13.0. The number of amides is 1. The Morgan fingerprint density at radius 1 is 1.24 bits per heavy atom. The first kappa shape index (κ1) is 16.7. The van der Waals surface area contributed by atoms with E-state index >= 15 is 0 Å². The largest absolute Gasteiger partial charge is 0.497 e. The van der Waals surface area contributed by atoms with Crippen LogP contribution in [0, 0.1) is 10.7 Å². The molecule has 2 aromatic carbocycles. The molecular weight excluding hydrogens is 345 g/mol. The summed E-state index contributed by atoms with van der Waals surface area (Å²) in [5.41, 5.74) is 0.843. The number of benzene rings is 2. The van der Waals surface area contributed by atoms with Crippen LogP contribution in [0.15, 0.2) is 53.7 Å². The van der Waals surface area contributed by atoms with Gasteiger partial charge in [-0.3, -0.25) is 4.79 Å². The van der Waals surface area contributed by atoms with Gasteiger partial charge in [0, 0.05) is 10.7 Å². The molecule has 1 aromatic heterocycles. The standard InChI is InChI=1S/C17H12FN3O3S/c1-24-11-6-4-5-10(9-11)17-20-15(14(25-17)16(22)21-23)19-13-8-3-2-7-12(13)18/h2-9,19H,1H3. The molecule has 126 valence electrons. The lowest BCUT2D eigenvalue weighted by atomic mass is 10.2. The molecule has 1 N–H and O–H groups in total. The van der Waals surface area contributed by atoms with E-state index in [1.807, 2.05) is 0 Å². The highest BCUT2D eigenvalue weighted by Gasteiger charge is 2.21. The van der Waals surface area contributed by atoms with Gasteiger partial charge in [-0.05, 0) is 24.3 Å². The van der Waals surface area contributed by atoms with Gasteiger partial charge in [0.05, 0.1) is 12.8 Å². The lowest BCUT2D eigenvalue weighted by Crippen LogP contribution is -1.99. The van der Waals surface area contributed by atoms with E-state index < -0.39 is 11.7 Å². The number of hydrogen-bond acceptors (Lipinski definition) is 6. The predicted molar refractivity (Wildman–Crippen MR) is 93.9 cm³/mol. The predicted octanol–water partition coefficient (Wildman–Crippen LogP) is 4.61. The Morgan fingerprint density at radius 3 is 2.76 bits per heavy atom. The molecule has 0 bridgehead atoms. The first-order valence-electron chi connectivity index (χ1n) is 7.17. The molecule has 1 amide bonds. The van der Waals surface area contributed by atoms with Gasteiger partial charge in [-0.1, -0.05) is 24.3 Å². The summed E-state index contributed by atoms with van der Waals surface area (Å²) in [5, 5.41) is 5.67. The Balaban J connectivity index is 2.05.